The van der Waals surface area contributed by atoms with E-state index in [0.29, 0.717) is 19.7 Å². The van der Waals surface area contributed by atoms with Crippen molar-refractivity contribution in [2.45, 2.75) is 39.8 Å². The molecule has 4 nitrogen and oxygen atoms in total. The van der Waals surface area contributed by atoms with Gasteiger partial charge in [0.2, 0.25) is 5.91 Å². The number of methoxy groups -OCH3 is 1. The monoisotopic (exact) mass is 292 g/mol. The van der Waals surface area contributed by atoms with Gasteiger partial charge in [0.05, 0.1) is 12.0 Å². The van der Waals surface area contributed by atoms with Crippen LogP contribution in [0.1, 0.15) is 33.3 Å². The van der Waals surface area contributed by atoms with E-state index >= 15 is 0 Å². The Hall–Kier alpha value is -1.39. The average Bonchev–Trinajstić information content (AvgIpc) is 2.42. The van der Waals surface area contributed by atoms with Crippen LogP contribution in [0, 0.1) is 5.41 Å². The minimum Gasteiger partial charge on any atom is -0.383 e. The van der Waals surface area contributed by atoms with Gasteiger partial charge < -0.3 is 15.4 Å². The molecule has 0 saturated carbocycles. The molecule has 0 aliphatic heterocycles. The summed E-state index contributed by atoms with van der Waals surface area (Å²) < 4.78 is 5.13. The first-order chi connectivity index (χ1) is 9.70. The van der Waals surface area contributed by atoms with Crippen molar-refractivity contribution < 1.29 is 9.53 Å². The molecular weight excluding hydrogens is 264 g/mol. The fraction of sp³-hybridized carbons (Fsp3) is 0.588. The molecule has 4 heteroatoms. The van der Waals surface area contributed by atoms with Gasteiger partial charge in [0.15, 0.2) is 0 Å². The van der Waals surface area contributed by atoms with Gasteiger partial charge in [0.25, 0.3) is 0 Å². The topological polar surface area (TPSA) is 55.6 Å². The van der Waals surface area contributed by atoms with E-state index in [-0.39, 0.29) is 5.91 Å². The number of ether oxygens (including phenoxy) is 1. The molecule has 118 valence electrons. The molecule has 0 radical (unpaired) electrons. The van der Waals surface area contributed by atoms with Crippen LogP contribution in [0.2, 0.25) is 0 Å². The largest absolute Gasteiger partial charge is 0.383 e. The maximum absolute atomic E-state index is 12.9. The smallest absolute Gasteiger partial charge is 0.230 e. The number of hydrogen-bond donors (Lipinski definition) is 1. The summed E-state index contributed by atoms with van der Waals surface area (Å²) in [5, 5.41) is 0. The molecule has 1 rings (SSSR count). The lowest BCUT2D eigenvalue weighted by Gasteiger charge is -2.40. The van der Waals surface area contributed by atoms with Gasteiger partial charge in [-0.15, -0.1) is 0 Å². The molecule has 0 saturated heterocycles. The van der Waals surface area contributed by atoms with E-state index in [1.165, 1.54) is 0 Å². The number of rotatable bonds is 7. The molecule has 0 unspecified atom stereocenters. The van der Waals surface area contributed by atoms with Crippen molar-refractivity contribution >= 4 is 5.91 Å². The van der Waals surface area contributed by atoms with Gasteiger partial charge >= 0.3 is 0 Å². The molecule has 2 N–H and O–H groups in total. The number of benzene rings is 1. The molecule has 0 atom stereocenters. The van der Waals surface area contributed by atoms with Crippen LogP contribution in [0.5, 0.6) is 0 Å². The Morgan fingerprint density at radius 3 is 2.24 bits per heavy atom. The molecular formula is C17H28N2O2. The van der Waals surface area contributed by atoms with Gasteiger partial charge in [0.1, 0.15) is 0 Å². The summed E-state index contributed by atoms with van der Waals surface area (Å²) in [7, 11) is 1.64. The van der Waals surface area contributed by atoms with Crippen molar-refractivity contribution in [3.05, 3.63) is 35.9 Å². The highest BCUT2D eigenvalue weighted by atomic mass is 16.5. The maximum atomic E-state index is 12.9. The summed E-state index contributed by atoms with van der Waals surface area (Å²) in [5.74, 6) is 0.0518. The summed E-state index contributed by atoms with van der Waals surface area (Å²) in [6.45, 7) is 9.23. The predicted octanol–water partition coefficient (Wildman–Crippen LogP) is 2.43. The van der Waals surface area contributed by atoms with Crippen LogP contribution in [0.4, 0.5) is 0 Å². The minimum absolute atomic E-state index is 0.0518. The van der Waals surface area contributed by atoms with Crippen molar-refractivity contribution in [3.63, 3.8) is 0 Å². The summed E-state index contributed by atoms with van der Waals surface area (Å²) in [4.78, 5) is 14.7. The van der Waals surface area contributed by atoms with Crippen molar-refractivity contribution in [2.75, 3.05) is 20.3 Å². The lowest BCUT2D eigenvalue weighted by molar-refractivity contribution is -0.144. The second-order valence-corrected chi connectivity index (χ2v) is 6.55. The molecule has 21 heavy (non-hydrogen) atoms. The first-order valence-corrected chi connectivity index (χ1v) is 7.31. The highest BCUT2D eigenvalue weighted by Gasteiger charge is 2.42. The van der Waals surface area contributed by atoms with Gasteiger partial charge in [-0.1, -0.05) is 30.3 Å². The Balaban J connectivity index is 2.94. The van der Waals surface area contributed by atoms with E-state index in [9.17, 15) is 4.79 Å². The molecule has 0 fully saturated rings. The summed E-state index contributed by atoms with van der Waals surface area (Å²) in [5.41, 5.74) is 6.06. The third-order valence-corrected chi connectivity index (χ3v) is 4.21. The van der Waals surface area contributed by atoms with Gasteiger partial charge in [-0.2, -0.15) is 0 Å². The van der Waals surface area contributed by atoms with Gasteiger partial charge in [0, 0.05) is 25.7 Å². The maximum Gasteiger partial charge on any atom is 0.230 e. The molecule has 0 aliphatic carbocycles. The van der Waals surface area contributed by atoms with Crippen LogP contribution >= 0.6 is 0 Å². The number of carbonyl (C=O) groups is 1. The number of hydrogen-bond acceptors (Lipinski definition) is 3. The second-order valence-electron chi connectivity index (χ2n) is 6.55. The molecule has 1 aromatic rings. The third-order valence-electron chi connectivity index (χ3n) is 4.21. The molecule has 0 bridgehead atoms. The van der Waals surface area contributed by atoms with Crippen molar-refractivity contribution in [3.8, 4) is 0 Å². The molecule has 1 aromatic carbocycles. The zero-order valence-electron chi connectivity index (χ0n) is 13.8. The number of nitrogens with two attached hydrogens (primary N) is 1. The SMILES string of the molecule is COCCN(Cc1ccccc1)C(=O)C(C)(C)C(C)(C)N. The lowest BCUT2D eigenvalue weighted by Crippen LogP contribution is -2.56. The number of nitrogens with zero attached hydrogens (tertiary/aromatic N) is 1. The number of carbonyl (C=O) groups excluding carboxylic acids is 1. The normalized spacial score (nSPS) is 12.3. The summed E-state index contributed by atoms with van der Waals surface area (Å²) in [6, 6.07) is 9.97. The molecule has 0 aliphatic rings. The van der Waals surface area contributed by atoms with Crippen molar-refractivity contribution in [1.82, 2.24) is 4.90 Å². The first kappa shape index (κ1) is 17.7. The minimum atomic E-state index is -0.643. The number of amides is 1. The molecule has 0 aromatic heterocycles. The van der Waals surface area contributed by atoms with E-state index in [2.05, 4.69) is 0 Å². The van der Waals surface area contributed by atoms with E-state index < -0.39 is 11.0 Å². The van der Waals surface area contributed by atoms with Crippen molar-refractivity contribution in [1.29, 1.82) is 0 Å². The van der Waals surface area contributed by atoms with E-state index in [4.69, 9.17) is 10.5 Å². The predicted molar refractivity (Wildman–Crippen MR) is 85.8 cm³/mol. The van der Waals surface area contributed by atoms with Crippen LogP contribution in [0.25, 0.3) is 0 Å². The lowest BCUT2D eigenvalue weighted by atomic mass is 9.74. The second kappa shape index (κ2) is 7.05. The Kier molecular flexibility index (Phi) is 5.93. The first-order valence-electron chi connectivity index (χ1n) is 7.31. The van der Waals surface area contributed by atoms with Crippen LogP contribution in [0.15, 0.2) is 30.3 Å². The van der Waals surface area contributed by atoms with Crippen LogP contribution in [-0.4, -0.2) is 36.6 Å². The Morgan fingerprint density at radius 1 is 1.19 bits per heavy atom. The Bertz CT molecular complexity index is 450. The van der Waals surface area contributed by atoms with Gasteiger partial charge in [-0.3, -0.25) is 4.79 Å². The Labute approximate surface area is 128 Å². The zero-order chi connectivity index (χ0) is 16.1. The quantitative estimate of drug-likeness (QED) is 0.839. The molecule has 0 heterocycles. The fourth-order valence-corrected chi connectivity index (χ4v) is 1.93. The molecule has 1 amide bonds. The van der Waals surface area contributed by atoms with E-state index in [1.54, 1.807) is 7.11 Å². The van der Waals surface area contributed by atoms with E-state index in [0.717, 1.165) is 5.56 Å². The van der Waals surface area contributed by atoms with Crippen molar-refractivity contribution in [2.24, 2.45) is 11.1 Å². The van der Waals surface area contributed by atoms with Crippen LogP contribution in [0.3, 0.4) is 0 Å². The summed E-state index contributed by atoms with van der Waals surface area (Å²) >= 11 is 0. The third kappa shape index (κ3) is 4.55. The highest BCUT2D eigenvalue weighted by Crippen LogP contribution is 2.31. The van der Waals surface area contributed by atoms with Crippen LogP contribution in [-0.2, 0) is 16.1 Å². The van der Waals surface area contributed by atoms with Gasteiger partial charge in [-0.05, 0) is 33.3 Å². The fourth-order valence-electron chi connectivity index (χ4n) is 1.93. The highest BCUT2D eigenvalue weighted by molar-refractivity contribution is 5.83. The van der Waals surface area contributed by atoms with Gasteiger partial charge in [-0.25, -0.2) is 0 Å². The van der Waals surface area contributed by atoms with E-state index in [1.807, 2.05) is 62.9 Å². The molecule has 0 spiro atoms. The Morgan fingerprint density at radius 2 is 1.76 bits per heavy atom. The standard InChI is InChI=1S/C17H28N2O2/c1-16(2,17(3,4)18)15(20)19(11-12-21-5)13-14-9-7-6-8-10-14/h6-10H,11-13,18H2,1-5H3. The van der Waals surface area contributed by atoms with Crippen LogP contribution < -0.4 is 5.73 Å². The summed E-state index contributed by atoms with van der Waals surface area (Å²) in [6.07, 6.45) is 0. The average molecular weight is 292 g/mol. The zero-order valence-corrected chi connectivity index (χ0v) is 13.8.